The second kappa shape index (κ2) is 7.16. The molecule has 25 heavy (non-hydrogen) atoms. The first-order valence-corrected chi connectivity index (χ1v) is 8.07. The predicted molar refractivity (Wildman–Crippen MR) is 93.7 cm³/mol. The molecule has 0 spiro atoms. The maximum absolute atomic E-state index is 12.4. The molecule has 0 amide bonds. The molecule has 0 fully saturated rings. The van der Waals surface area contributed by atoms with Crippen LogP contribution in [-0.4, -0.2) is 32.0 Å². The fourth-order valence-corrected chi connectivity index (χ4v) is 2.57. The van der Waals surface area contributed by atoms with Crippen LogP contribution in [0.1, 0.15) is 30.1 Å². The van der Waals surface area contributed by atoms with Crippen molar-refractivity contribution in [3.05, 3.63) is 46.5 Å². The van der Waals surface area contributed by atoms with E-state index < -0.39 is 11.5 Å². The van der Waals surface area contributed by atoms with E-state index in [1.807, 2.05) is 18.2 Å². The minimum absolute atomic E-state index is 0.130. The van der Waals surface area contributed by atoms with Crippen molar-refractivity contribution < 1.29 is 9.53 Å². The largest absolute Gasteiger partial charge is 0.483 e. The minimum Gasteiger partial charge on any atom is -0.483 e. The third-order valence-electron chi connectivity index (χ3n) is 3.86. The van der Waals surface area contributed by atoms with E-state index in [1.54, 1.807) is 6.07 Å². The van der Waals surface area contributed by atoms with Crippen molar-refractivity contribution in [1.29, 1.82) is 0 Å². The molecule has 2 aromatic heterocycles. The van der Waals surface area contributed by atoms with Crippen LogP contribution >= 0.6 is 0 Å². The first-order valence-electron chi connectivity index (χ1n) is 8.07. The van der Waals surface area contributed by atoms with Gasteiger partial charge >= 0.3 is 0 Å². The Balaban J connectivity index is 1.81. The standard InChI is InChI=1S/C17H19N5O3/c1-2-3-6-11-7-4-5-8-12(11)25-9-13(23)22-16(24)14-15(20-10-19-14)21-17(22)18/h4-5,7-8,10H,2-3,6,9H2,1H3,(H2,18,21)(H,19,20). The number of aromatic nitrogens is 4. The average molecular weight is 341 g/mol. The van der Waals surface area contributed by atoms with E-state index in [1.165, 1.54) is 6.33 Å². The molecule has 8 heteroatoms. The molecule has 0 bridgehead atoms. The van der Waals surface area contributed by atoms with Gasteiger partial charge in [-0.3, -0.25) is 9.59 Å². The number of rotatable bonds is 6. The number of para-hydroxylation sites is 1. The molecule has 2 heterocycles. The number of nitrogens with two attached hydrogens (primary N) is 1. The number of nitrogen functional groups attached to an aromatic ring is 1. The van der Waals surface area contributed by atoms with Gasteiger partial charge in [-0.1, -0.05) is 31.5 Å². The van der Waals surface area contributed by atoms with Gasteiger partial charge in [0, 0.05) is 0 Å². The maximum atomic E-state index is 12.4. The summed E-state index contributed by atoms with van der Waals surface area (Å²) in [5.74, 6) is -0.166. The zero-order valence-electron chi connectivity index (χ0n) is 13.9. The van der Waals surface area contributed by atoms with Crippen LogP contribution in [-0.2, 0) is 6.42 Å². The highest BCUT2D eigenvalue weighted by atomic mass is 16.5. The first kappa shape index (κ1) is 16.7. The Morgan fingerprint density at radius 1 is 1.36 bits per heavy atom. The molecular weight excluding hydrogens is 322 g/mol. The summed E-state index contributed by atoms with van der Waals surface area (Å²) >= 11 is 0. The number of aromatic amines is 1. The van der Waals surface area contributed by atoms with Crippen molar-refractivity contribution in [2.24, 2.45) is 0 Å². The molecular formula is C17H19N5O3. The number of carbonyl (C=O) groups excluding carboxylic acids is 1. The van der Waals surface area contributed by atoms with Crippen molar-refractivity contribution in [2.75, 3.05) is 12.3 Å². The lowest BCUT2D eigenvalue weighted by atomic mass is 10.1. The Bertz CT molecular complexity index is 960. The highest BCUT2D eigenvalue weighted by molar-refractivity contribution is 5.85. The molecule has 0 aliphatic heterocycles. The van der Waals surface area contributed by atoms with Crippen molar-refractivity contribution in [3.63, 3.8) is 0 Å². The fourth-order valence-electron chi connectivity index (χ4n) is 2.57. The lowest BCUT2D eigenvalue weighted by Crippen LogP contribution is -2.33. The molecule has 0 unspecified atom stereocenters. The van der Waals surface area contributed by atoms with Gasteiger partial charge in [-0.05, 0) is 24.5 Å². The van der Waals surface area contributed by atoms with Gasteiger partial charge in [0.05, 0.1) is 6.33 Å². The molecule has 8 nitrogen and oxygen atoms in total. The Kier molecular flexibility index (Phi) is 4.78. The number of hydrogen-bond acceptors (Lipinski definition) is 6. The van der Waals surface area contributed by atoms with E-state index in [4.69, 9.17) is 10.5 Å². The second-order valence-corrected chi connectivity index (χ2v) is 5.61. The molecule has 0 aliphatic rings. The highest BCUT2D eigenvalue weighted by Gasteiger charge is 2.17. The lowest BCUT2D eigenvalue weighted by molar-refractivity contribution is 0.0835. The second-order valence-electron chi connectivity index (χ2n) is 5.61. The van der Waals surface area contributed by atoms with Gasteiger partial charge in [0.1, 0.15) is 5.75 Å². The molecule has 0 aliphatic carbocycles. The number of imidazole rings is 1. The number of unbranched alkanes of at least 4 members (excludes halogenated alkanes) is 1. The Hall–Kier alpha value is -3.16. The maximum Gasteiger partial charge on any atom is 0.287 e. The third-order valence-corrected chi connectivity index (χ3v) is 3.86. The molecule has 0 saturated carbocycles. The van der Waals surface area contributed by atoms with Crippen LogP contribution in [0, 0.1) is 0 Å². The van der Waals surface area contributed by atoms with E-state index >= 15 is 0 Å². The van der Waals surface area contributed by atoms with Crippen LogP contribution in [0.2, 0.25) is 0 Å². The number of aryl methyl sites for hydroxylation is 1. The number of ether oxygens (including phenoxy) is 1. The third kappa shape index (κ3) is 3.37. The van der Waals surface area contributed by atoms with Crippen LogP contribution in [0.25, 0.3) is 11.2 Å². The number of benzene rings is 1. The summed E-state index contributed by atoms with van der Waals surface area (Å²) in [6.07, 6.45) is 4.29. The molecule has 1 aromatic carbocycles. The lowest BCUT2D eigenvalue weighted by Gasteiger charge is -2.12. The zero-order chi connectivity index (χ0) is 17.8. The van der Waals surface area contributed by atoms with Gasteiger partial charge < -0.3 is 15.5 Å². The van der Waals surface area contributed by atoms with Crippen LogP contribution < -0.4 is 16.0 Å². The molecule has 130 valence electrons. The number of nitrogens with zero attached hydrogens (tertiary/aromatic N) is 3. The average Bonchev–Trinajstić information content (AvgIpc) is 3.07. The predicted octanol–water partition coefficient (Wildman–Crippen LogP) is 1.76. The monoisotopic (exact) mass is 341 g/mol. The Labute approximate surface area is 143 Å². The molecule has 3 N–H and O–H groups in total. The number of H-pyrrole nitrogens is 1. The summed E-state index contributed by atoms with van der Waals surface area (Å²) in [7, 11) is 0. The highest BCUT2D eigenvalue weighted by Crippen LogP contribution is 2.20. The van der Waals surface area contributed by atoms with Gasteiger partial charge in [-0.15, -0.1) is 0 Å². The van der Waals surface area contributed by atoms with Crippen LogP contribution in [0.5, 0.6) is 5.75 Å². The quantitative estimate of drug-likeness (QED) is 0.706. The summed E-state index contributed by atoms with van der Waals surface area (Å²) in [5, 5.41) is 0. The number of nitrogens with one attached hydrogen (secondary N) is 1. The van der Waals surface area contributed by atoms with Crippen molar-refractivity contribution in [2.45, 2.75) is 26.2 Å². The van der Waals surface area contributed by atoms with Crippen molar-refractivity contribution in [1.82, 2.24) is 19.5 Å². The summed E-state index contributed by atoms with van der Waals surface area (Å²) in [6, 6.07) is 7.54. The topological polar surface area (TPSA) is 116 Å². The molecule has 0 atom stereocenters. The van der Waals surface area contributed by atoms with E-state index in [9.17, 15) is 9.59 Å². The number of anilines is 1. The number of carbonyl (C=O) groups is 1. The Morgan fingerprint density at radius 3 is 2.96 bits per heavy atom. The summed E-state index contributed by atoms with van der Waals surface area (Å²) in [5.41, 5.74) is 6.48. The molecule has 0 radical (unpaired) electrons. The van der Waals surface area contributed by atoms with Gasteiger partial charge in [0.2, 0.25) is 5.95 Å². The fraction of sp³-hybridized carbons (Fsp3) is 0.294. The summed E-state index contributed by atoms with van der Waals surface area (Å²) in [4.78, 5) is 35.3. The summed E-state index contributed by atoms with van der Waals surface area (Å²) < 4.78 is 6.44. The van der Waals surface area contributed by atoms with E-state index in [2.05, 4.69) is 21.9 Å². The summed E-state index contributed by atoms with van der Waals surface area (Å²) in [6.45, 7) is 1.80. The van der Waals surface area contributed by atoms with E-state index in [-0.39, 0.29) is 23.7 Å². The number of hydrogen-bond donors (Lipinski definition) is 2. The van der Waals surface area contributed by atoms with E-state index in [0.29, 0.717) is 5.75 Å². The minimum atomic E-state index is -0.590. The smallest absolute Gasteiger partial charge is 0.287 e. The first-order chi connectivity index (χ1) is 12.1. The van der Waals surface area contributed by atoms with Gasteiger partial charge in [-0.25, -0.2) is 9.55 Å². The van der Waals surface area contributed by atoms with E-state index in [0.717, 1.165) is 29.4 Å². The normalized spacial score (nSPS) is 10.9. The van der Waals surface area contributed by atoms with Crippen LogP contribution in [0.3, 0.4) is 0 Å². The zero-order valence-corrected chi connectivity index (χ0v) is 13.9. The van der Waals surface area contributed by atoms with Gasteiger partial charge in [0.15, 0.2) is 17.8 Å². The molecule has 0 saturated heterocycles. The molecule has 3 aromatic rings. The SMILES string of the molecule is CCCCc1ccccc1OCC(=O)n1c(N)nc2nc[nH]c2c1=O. The van der Waals surface area contributed by atoms with Crippen LogP contribution in [0.15, 0.2) is 35.4 Å². The van der Waals surface area contributed by atoms with Gasteiger partial charge in [0.25, 0.3) is 11.5 Å². The molecule has 3 rings (SSSR count). The number of fused-ring (bicyclic) bond motifs is 1. The van der Waals surface area contributed by atoms with Crippen molar-refractivity contribution in [3.8, 4) is 5.75 Å². The van der Waals surface area contributed by atoms with Crippen LogP contribution in [0.4, 0.5) is 5.95 Å². The van der Waals surface area contributed by atoms with Gasteiger partial charge in [-0.2, -0.15) is 4.98 Å². The van der Waals surface area contributed by atoms with Crippen molar-refractivity contribution >= 4 is 23.0 Å². The Morgan fingerprint density at radius 2 is 2.16 bits per heavy atom.